The van der Waals surface area contributed by atoms with Crippen LogP contribution in [0.2, 0.25) is 0 Å². The highest BCUT2D eigenvalue weighted by atomic mass is 16.5. The molecule has 1 aromatic carbocycles. The van der Waals surface area contributed by atoms with Crippen molar-refractivity contribution in [3.8, 4) is 5.75 Å². The molecule has 0 radical (unpaired) electrons. The van der Waals surface area contributed by atoms with Crippen LogP contribution in [-0.2, 0) is 16.1 Å². The van der Waals surface area contributed by atoms with E-state index in [9.17, 15) is 9.59 Å². The summed E-state index contributed by atoms with van der Waals surface area (Å²) in [6, 6.07) is 8.51. The van der Waals surface area contributed by atoms with Crippen LogP contribution in [0, 0.1) is 0 Å². The Morgan fingerprint density at radius 2 is 1.80 bits per heavy atom. The highest BCUT2D eigenvalue weighted by Gasteiger charge is 2.33. The van der Waals surface area contributed by atoms with Crippen molar-refractivity contribution < 1.29 is 14.3 Å². The Bertz CT molecular complexity index is 609. The Balaban J connectivity index is 1.52. The Morgan fingerprint density at radius 3 is 2.36 bits per heavy atom. The second-order valence-electron chi connectivity index (χ2n) is 7.11. The molecule has 0 unspecified atom stereocenters. The molecule has 2 saturated carbocycles. The largest absolute Gasteiger partial charge is 0.497 e. The highest BCUT2D eigenvalue weighted by molar-refractivity contribution is 5.81. The van der Waals surface area contributed by atoms with Crippen molar-refractivity contribution in [2.45, 2.75) is 44.3 Å². The molecule has 0 aromatic heterocycles. The molecule has 2 aliphatic rings. The molecule has 0 spiro atoms. The normalized spacial score (nSPS) is 16.6. The van der Waals surface area contributed by atoms with Gasteiger partial charge < -0.3 is 15.0 Å². The second kappa shape index (κ2) is 7.87. The van der Waals surface area contributed by atoms with Crippen molar-refractivity contribution in [2.24, 2.45) is 0 Å². The summed E-state index contributed by atoms with van der Waals surface area (Å²) in [7, 11) is 3.47. The average Bonchev–Trinajstić information content (AvgIpc) is 3.47. The van der Waals surface area contributed by atoms with Crippen LogP contribution in [-0.4, -0.2) is 60.9 Å². The Morgan fingerprint density at radius 1 is 1.12 bits per heavy atom. The van der Waals surface area contributed by atoms with Gasteiger partial charge in [0.1, 0.15) is 5.75 Å². The smallest absolute Gasteiger partial charge is 0.237 e. The maximum Gasteiger partial charge on any atom is 0.237 e. The molecule has 1 N–H and O–H groups in total. The summed E-state index contributed by atoms with van der Waals surface area (Å²) in [5.41, 5.74) is 1.09. The zero-order valence-electron chi connectivity index (χ0n) is 15.0. The molecule has 0 bridgehead atoms. The monoisotopic (exact) mass is 345 g/mol. The van der Waals surface area contributed by atoms with Gasteiger partial charge in [-0.05, 0) is 50.4 Å². The van der Waals surface area contributed by atoms with E-state index in [0.717, 1.165) is 37.0 Å². The van der Waals surface area contributed by atoms with Crippen molar-refractivity contribution in [3.63, 3.8) is 0 Å². The van der Waals surface area contributed by atoms with Crippen molar-refractivity contribution in [2.75, 3.05) is 27.2 Å². The van der Waals surface area contributed by atoms with Crippen LogP contribution < -0.4 is 10.1 Å². The number of hydrogen-bond acceptors (Lipinski definition) is 4. The number of carbonyl (C=O) groups is 2. The van der Waals surface area contributed by atoms with Crippen LogP contribution in [0.4, 0.5) is 0 Å². The fourth-order valence-corrected chi connectivity index (χ4v) is 2.86. The van der Waals surface area contributed by atoms with Gasteiger partial charge in [-0.1, -0.05) is 12.1 Å². The molecule has 6 heteroatoms. The third-order valence-electron chi connectivity index (χ3n) is 4.58. The summed E-state index contributed by atoms with van der Waals surface area (Å²) in [5, 5.41) is 2.96. The summed E-state index contributed by atoms with van der Waals surface area (Å²) in [6.45, 7) is 1.14. The molecule has 136 valence electrons. The molecule has 2 aliphatic carbocycles. The van der Waals surface area contributed by atoms with Crippen LogP contribution >= 0.6 is 0 Å². The average molecular weight is 345 g/mol. The van der Waals surface area contributed by atoms with Crippen molar-refractivity contribution in [1.82, 2.24) is 15.1 Å². The predicted octanol–water partition coefficient (Wildman–Crippen LogP) is 1.40. The molecular formula is C19H27N3O3. The lowest BCUT2D eigenvalue weighted by Gasteiger charge is -2.25. The third-order valence-corrected chi connectivity index (χ3v) is 4.58. The van der Waals surface area contributed by atoms with Gasteiger partial charge in [-0.2, -0.15) is 0 Å². The maximum absolute atomic E-state index is 12.7. The summed E-state index contributed by atoms with van der Waals surface area (Å²) in [4.78, 5) is 28.3. The minimum atomic E-state index is 0.00549. The van der Waals surface area contributed by atoms with Gasteiger partial charge in [-0.3, -0.25) is 14.5 Å². The van der Waals surface area contributed by atoms with Gasteiger partial charge in [0.2, 0.25) is 11.8 Å². The highest BCUT2D eigenvalue weighted by Crippen LogP contribution is 2.29. The number of likely N-dealkylation sites (N-methyl/N-ethyl adjacent to an activating group) is 1. The zero-order chi connectivity index (χ0) is 17.8. The summed E-state index contributed by atoms with van der Waals surface area (Å²) < 4.78 is 5.18. The number of ether oxygens (including phenoxy) is 1. The lowest BCUT2D eigenvalue weighted by Crippen LogP contribution is -2.43. The fraction of sp³-hybridized carbons (Fsp3) is 0.579. The number of nitrogens with one attached hydrogen (secondary N) is 1. The summed E-state index contributed by atoms with van der Waals surface area (Å²) in [5.74, 6) is 0.903. The zero-order valence-corrected chi connectivity index (χ0v) is 15.0. The van der Waals surface area contributed by atoms with E-state index in [1.165, 1.54) is 0 Å². The molecule has 2 amide bonds. The van der Waals surface area contributed by atoms with Crippen LogP contribution in [0.5, 0.6) is 5.75 Å². The molecule has 2 fully saturated rings. The molecular weight excluding hydrogens is 318 g/mol. The van der Waals surface area contributed by atoms with E-state index in [-0.39, 0.29) is 24.9 Å². The first-order valence-electron chi connectivity index (χ1n) is 8.95. The lowest BCUT2D eigenvalue weighted by molar-refractivity contribution is -0.133. The Kier molecular flexibility index (Phi) is 5.58. The minimum Gasteiger partial charge on any atom is -0.497 e. The van der Waals surface area contributed by atoms with Gasteiger partial charge in [0.25, 0.3) is 0 Å². The molecule has 0 saturated heterocycles. The van der Waals surface area contributed by atoms with Gasteiger partial charge in [-0.25, -0.2) is 0 Å². The summed E-state index contributed by atoms with van der Waals surface area (Å²) in [6.07, 6.45) is 4.28. The standard InChI is InChI=1S/C19H27N3O3/c1-21(12-18(23)20-15-5-6-15)13-19(24)22(16-7-8-16)11-14-3-9-17(25-2)10-4-14/h3-4,9-10,15-16H,5-8,11-13H2,1-2H3,(H,20,23). The van der Waals surface area contributed by atoms with E-state index < -0.39 is 0 Å². The van der Waals surface area contributed by atoms with E-state index in [4.69, 9.17) is 4.74 Å². The van der Waals surface area contributed by atoms with E-state index >= 15 is 0 Å². The van der Waals surface area contributed by atoms with Gasteiger partial charge in [-0.15, -0.1) is 0 Å². The summed E-state index contributed by atoms with van der Waals surface area (Å²) >= 11 is 0. The number of amides is 2. The number of rotatable bonds is 9. The number of carbonyl (C=O) groups excluding carboxylic acids is 2. The molecule has 0 heterocycles. The predicted molar refractivity (Wildman–Crippen MR) is 95.2 cm³/mol. The van der Waals surface area contributed by atoms with Crippen LogP contribution in [0.15, 0.2) is 24.3 Å². The van der Waals surface area contributed by atoms with Gasteiger partial charge in [0.05, 0.1) is 20.2 Å². The topological polar surface area (TPSA) is 61.9 Å². The molecule has 6 nitrogen and oxygen atoms in total. The Labute approximate surface area is 149 Å². The molecule has 0 aliphatic heterocycles. The van der Waals surface area contributed by atoms with Crippen molar-refractivity contribution in [1.29, 1.82) is 0 Å². The second-order valence-corrected chi connectivity index (χ2v) is 7.11. The minimum absolute atomic E-state index is 0.00549. The van der Waals surface area contributed by atoms with Crippen LogP contribution in [0.3, 0.4) is 0 Å². The van der Waals surface area contributed by atoms with Gasteiger partial charge in [0.15, 0.2) is 0 Å². The van der Waals surface area contributed by atoms with E-state index in [2.05, 4.69) is 5.32 Å². The first kappa shape index (κ1) is 17.7. The first-order valence-corrected chi connectivity index (χ1v) is 8.95. The van der Waals surface area contributed by atoms with E-state index in [1.54, 1.807) is 12.0 Å². The van der Waals surface area contributed by atoms with Crippen molar-refractivity contribution >= 4 is 11.8 Å². The number of methoxy groups -OCH3 is 1. The van der Waals surface area contributed by atoms with E-state index in [0.29, 0.717) is 18.6 Å². The quantitative estimate of drug-likeness (QED) is 0.735. The fourth-order valence-electron chi connectivity index (χ4n) is 2.86. The number of nitrogens with zero attached hydrogens (tertiary/aromatic N) is 2. The molecule has 0 atom stereocenters. The molecule has 25 heavy (non-hydrogen) atoms. The molecule has 3 rings (SSSR count). The van der Waals surface area contributed by atoms with Crippen LogP contribution in [0.1, 0.15) is 31.2 Å². The molecule has 1 aromatic rings. The third kappa shape index (κ3) is 5.46. The van der Waals surface area contributed by atoms with Gasteiger partial charge in [0, 0.05) is 18.6 Å². The SMILES string of the molecule is COc1ccc(CN(C(=O)CN(C)CC(=O)NC2CC2)C2CC2)cc1. The van der Waals surface area contributed by atoms with E-state index in [1.807, 2.05) is 36.2 Å². The van der Waals surface area contributed by atoms with Crippen molar-refractivity contribution in [3.05, 3.63) is 29.8 Å². The lowest BCUT2D eigenvalue weighted by atomic mass is 10.2. The first-order chi connectivity index (χ1) is 12.0. The number of benzene rings is 1. The maximum atomic E-state index is 12.7. The Hall–Kier alpha value is -2.08. The van der Waals surface area contributed by atoms with Crippen LogP contribution in [0.25, 0.3) is 0 Å². The van der Waals surface area contributed by atoms with Gasteiger partial charge >= 0.3 is 0 Å². The number of hydrogen-bond donors (Lipinski definition) is 1.